The van der Waals surface area contributed by atoms with Gasteiger partial charge in [-0.3, -0.25) is 0 Å². The van der Waals surface area contributed by atoms with Gasteiger partial charge in [-0.05, 0) is 28.1 Å². The van der Waals surface area contributed by atoms with Gasteiger partial charge in [0.25, 0.3) is 0 Å². The van der Waals surface area contributed by atoms with Crippen LogP contribution < -0.4 is 0 Å². The third kappa shape index (κ3) is 2.16. The first kappa shape index (κ1) is 14.2. The van der Waals surface area contributed by atoms with Crippen LogP contribution in [0.3, 0.4) is 0 Å². The van der Waals surface area contributed by atoms with Crippen molar-refractivity contribution in [3.8, 4) is 0 Å². The van der Waals surface area contributed by atoms with Crippen LogP contribution >= 0.6 is 0 Å². The average Bonchev–Trinajstić information content (AvgIpc) is 2.53. The van der Waals surface area contributed by atoms with Gasteiger partial charge in [-0.25, -0.2) is 0 Å². The second-order valence-electron chi connectivity index (χ2n) is 5.09. The molecule has 3 aromatic carbocycles. The van der Waals surface area contributed by atoms with Gasteiger partial charge in [0, 0.05) is 26.3 Å². The maximum Gasteiger partial charge on any atom is 0.0239 e. The first-order valence-corrected chi connectivity index (χ1v) is 6.98. The van der Waals surface area contributed by atoms with Crippen LogP contribution in [0, 0.1) is 6.07 Å². The molecule has 0 amide bonds. The summed E-state index contributed by atoms with van der Waals surface area (Å²) < 4.78 is 0. The van der Waals surface area contributed by atoms with Gasteiger partial charge in [-0.2, -0.15) is 0 Å². The molecule has 0 aliphatic carbocycles. The number of pyridine rings is 1. The molecule has 0 N–H and O–H groups in total. The molecule has 0 spiro atoms. The Kier molecular flexibility index (Phi) is 3.75. The molecule has 4 rings (SSSR count). The van der Waals surface area contributed by atoms with Crippen LogP contribution in [0.2, 0.25) is 0 Å². The number of aromatic nitrogens is 1. The summed E-state index contributed by atoms with van der Waals surface area (Å²) in [4.78, 5) is 4.68. The average molecular weight is 449 g/mol. The van der Waals surface area contributed by atoms with Crippen molar-refractivity contribution in [3.05, 3.63) is 66.4 Å². The third-order valence-electron chi connectivity index (χ3n) is 4.00. The van der Waals surface area contributed by atoms with E-state index in [2.05, 4.69) is 60.4 Å². The summed E-state index contributed by atoms with van der Waals surface area (Å²) in [5, 5.41) is 6.05. The molecule has 0 bridgehead atoms. The fraction of sp³-hybridized carbons (Fsp3) is 0.105. The second kappa shape index (κ2) is 5.55. The summed E-state index contributed by atoms with van der Waals surface area (Å²) in [6.45, 7) is 2.19. The van der Waals surface area contributed by atoms with Crippen LogP contribution in [0.4, 0.5) is 0 Å². The van der Waals surface area contributed by atoms with Gasteiger partial charge in [-0.15, -0.1) is 34.5 Å². The Morgan fingerprint density at radius 3 is 2.62 bits per heavy atom. The Morgan fingerprint density at radius 2 is 1.76 bits per heavy atom. The van der Waals surface area contributed by atoms with Crippen LogP contribution in [0.25, 0.3) is 32.4 Å². The van der Waals surface area contributed by atoms with E-state index in [1.165, 1.54) is 27.1 Å². The Labute approximate surface area is 137 Å². The summed E-state index contributed by atoms with van der Waals surface area (Å²) in [6.07, 6.45) is 2.99. The molecule has 0 aliphatic heterocycles. The smallest absolute Gasteiger partial charge is 0.0239 e. The normalized spacial score (nSPS) is 10.9. The van der Waals surface area contributed by atoms with Crippen LogP contribution in [-0.2, 0) is 26.5 Å². The molecular formula is C19H14IrN-. The number of hydrogen-bond acceptors (Lipinski definition) is 1. The van der Waals surface area contributed by atoms with E-state index < -0.39 is 0 Å². The monoisotopic (exact) mass is 449 g/mol. The van der Waals surface area contributed by atoms with Crippen LogP contribution in [0.15, 0.2) is 54.7 Å². The zero-order valence-electron chi connectivity index (χ0n) is 11.7. The number of rotatable bonds is 1. The maximum atomic E-state index is 4.68. The van der Waals surface area contributed by atoms with Gasteiger partial charge in [0.15, 0.2) is 0 Å². The van der Waals surface area contributed by atoms with Crippen molar-refractivity contribution in [1.29, 1.82) is 0 Å². The molecule has 0 unspecified atom stereocenters. The van der Waals surface area contributed by atoms with Gasteiger partial charge in [-0.1, -0.05) is 43.3 Å². The van der Waals surface area contributed by atoms with Crippen molar-refractivity contribution >= 4 is 32.4 Å². The van der Waals surface area contributed by atoms with Crippen molar-refractivity contribution in [2.24, 2.45) is 0 Å². The zero-order chi connectivity index (χ0) is 13.5. The van der Waals surface area contributed by atoms with Crippen molar-refractivity contribution in [2.45, 2.75) is 13.3 Å². The molecule has 21 heavy (non-hydrogen) atoms. The first-order valence-electron chi connectivity index (χ1n) is 6.98. The minimum atomic E-state index is 0. The van der Waals surface area contributed by atoms with Crippen molar-refractivity contribution in [2.75, 3.05) is 0 Å². The van der Waals surface area contributed by atoms with E-state index in [4.69, 9.17) is 0 Å². The number of benzene rings is 3. The third-order valence-corrected chi connectivity index (χ3v) is 4.00. The van der Waals surface area contributed by atoms with E-state index in [0.29, 0.717) is 0 Å². The largest absolute Gasteiger partial charge is 0.303 e. The molecule has 0 saturated heterocycles. The van der Waals surface area contributed by atoms with E-state index in [9.17, 15) is 0 Å². The van der Waals surface area contributed by atoms with E-state index >= 15 is 0 Å². The molecule has 0 fully saturated rings. The first-order chi connectivity index (χ1) is 9.88. The van der Waals surface area contributed by atoms with Crippen molar-refractivity contribution < 1.29 is 20.1 Å². The zero-order valence-corrected chi connectivity index (χ0v) is 14.1. The topological polar surface area (TPSA) is 12.9 Å². The predicted octanol–water partition coefficient (Wildman–Crippen LogP) is 4.90. The van der Waals surface area contributed by atoms with Crippen LogP contribution in [0.1, 0.15) is 12.5 Å². The Hall–Kier alpha value is -1.76. The minimum Gasteiger partial charge on any atom is -0.303 e. The summed E-state index contributed by atoms with van der Waals surface area (Å²) in [5.41, 5.74) is 2.41. The van der Waals surface area contributed by atoms with Crippen molar-refractivity contribution in [3.63, 3.8) is 0 Å². The molecule has 1 nitrogen and oxygen atoms in total. The van der Waals surface area contributed by atoms with E-state index in [0.717, 1.165) is 17.3 Å². The Balaban J connectivity index is 0.00000132. The van der Waals surface area contributed by atoms with Gasteiger partial charge in [0.2, 0.25) is 0 Å². The minimum absolute atomic E-state index is 0. The number of aryl methyl sites for hydroxylation is 1. The summed E-state index contributed by atoms with van der Waals surface area (Å²) in [7, 11) is 0. The van der Waals surface area contributed by atoms with E-state index in [1.54, 1.807) is 0 Å². The molecule has 1 radical (unpaired) electrons. The molecule has 4 aromatic rings. The standard InChI is InChI=1S/C19H14N.Ir/c1-2-13-7-5-9-17-16(13)10-11-18-15-8-4-3-6-14(15)12-20-19(17)18;/h3-8,10-12H,2H2,1H3;/q-1;. The quantitative estimate of drug-likeness (QED) is 0.298. The fourth-order valence-electron chi connectivity index (χ4n) is 2.97. The van der Waals surface area contributed by atoms with Gasteiger partial charge >= 0.3 is 0 Å². The second-order valence-corrected chi connectivity index (χ2v) is 5.09. The molecule has 1 aromatic heterocycles. The SMILES string of the molecule is CCc1cc[c-]c2c1ccc1c3ccccc3cnc21.[Ir]. The van der Waals surface area contributed by atoms with Gasteiger partial charge in [0.05, 0.1) is 0 Å². The Morgan fingerprint density at radius 1 is 0.952 bits per heavy atom. The molecule has 0 aliphatic rings. The molecule has 1 heterocycles. The van der Waals surface area contributed by atoms with Crippen LogP contribution in [-0.4, -0.2) is 4.98 Å². The molecule has 0 atom stereocenters. The maximum absolute atomic E-state index is 4.68. The van der Waals surface area contributed by atoms with Crippen LogP contribution in [0.5, 0.6) is 0 Å². The predicted molar refractivity (Wildman–Crippen MR) is 85.0 cm³/mol. The summed E-state index contributed by atoms with van der Waals surface area (Å²) in [5.74, 6) is 0. The summed E-state index contributed by atoms with van der Waals surface area (Å²) >= 11 is 0. The molecule has 0 saturated carbocycles. The van der Waals surface area contributed by atoms with Gasteiger partial charge < -0.3 is 4.98 Å². The Bertz CT molecular complexity index is 944. The molecule has 105 valence electrons. The number of hydrogen-bond donors (Lipinski definition) is 0. The number of nitrogens with zero attached hydrogens (tertiary/aromatic N) is 1. The number of fused-ring (bicyclic) bond motifs is 5. The van der Waals surface area contributed by atoms with Gasteiger partial charge in [0.1, 0.15) is 0 Å². The molecule has 2 heteroatoms. The molecular weight excluding hydrogens is 434 g/mol. The van der Waals surface area contributed by atoms with E-state index in [1.807, 2.05) is 12.3 Å². The summed E-state index contributed by atoms with van der Waals surface area (Å²) in [6, 6.07) is 20.3. The van der Waals surface area contributed by atoms with E-state index in [-0.39, 0.29) is 20.1 Å². The fourth-order valence-corrected chi connectivity index (χ4v) is 2.97. The van der Waals surface area contributed by atoms with Crippen molar-refractivity contribution in [1.82, 2.24) is 4.98 Å².